The number of anilines is 1. The van der Waals surface area contributed by atoms with E-state index in [1.54, 1.807) is 23.8 Å². The van der Waals surface area contributed by atoms with Crippen LogP contribution >= 0.6 is 0 Å². The predicted molar refractivity (Wildman–Crippen MR) is 103 cm³/mol. The Bertz CT molecular complexity index is 649. The second-order valence-electron chi connectivity index (χ2n) is 6.31. The fourth-order valence-electron chi connectivity index (χ4n) is 2.77. The molecule has 0 N–H and O–H groups in total. The van der Waals surface area contributed by atoms with Gasteiger partial charge in [0.25, 0.3) is 0 Å². The molecule has 0 saturated heterocycles. The molecule has 7 nitrogen and oxygen atoms in total. The smallest absolute Gasteiger partial charge is 0.320 e. The topological polar surface area (TPSA) is 82.9 Å². The van der Waals surface area contributed by atoms with E-state index in [0.717, 1.165) is 16.8 Å². The zero-order valence-electron chi connectivity index (χ0n) is 16.7. The van der Waals surface area contributed by atoms with Crippen LogP contribution in [-0.2, 0) is 19.1 Å². The van der Waals surface area contributed by atoms with Crippen molar-refractivity contribution in [2.75, 3.05) is 51.4 Å². The molecule has 1 aromatic rings. The monoisotopic (exact) mass is 375 g/mol. The van der Waals surface area contributed by atoms with Gasteiger partial charge in [0, 0.05) is 25.9 Å². The first kappa shape index (κ1) is 22.6. The van der Waals surface area contributed by atoms with E-state index in [9.17, 15) is 9.59 Å². The lowest BCUT2D eigenvalue weighted by atomic mass is 10.1. The number of carbonyl (C=O) groups is 2. The van der Waals surface area contributed by atoms with E-state index < -0.39 is 0 Å². The number of nitriles is 1. The van der Waals surface area contributed by atoms with Gasteiger partial charge in [-0.2, -0.15) is 5.26 Å². The Balaban J connectivity index is 2.96. The van der Waals surface area contributed by atoms with Gasteiger partial charge in [-0.3, -0.25) is 14.5 Å². The van der Waals surface area contributed by atoms with E-state index in [2.05, 4.69) is 6.07 Å². The van der Waals surface area contributed by atoms with Gasteiger partial charge in [-0.25, -0.2) is 0 Å². The molecule has 0 fully saturated rings. The first-order valence-corrected chi connectivity index (χ1v) is 9.03. The lowest BCUT2D eigenvalue weighted by molar-refractivity contribution is -0.144. The summed E-state index contributed by atoms with van der Waals surface area (Å²) in [4.78, 5) is 28.1. The van der Waals surface area contributed by atoms with Crippen molar-refractivity contribution in [3.8, 4) is 6.07 Å². The van der Waals surface area contributed by atoms with Crippen LogP contribution in [0.5, 0.6) is 0 Å². The third-order valence-corrected chi connectivity index (χ3v) is 3.89. The van der Waals surface area contributed by atoms with Gasteiger partial charge < -0.3 is 14.4 Å². The van der Waals surface area contributed by atoms with Crippen LogP contribution in [0.1, 0.15) is 24.5 Å². The van der Waals surface area contributed by atoms with Crippen molar-refractivity contribution in [2.24, 2.45) is 0 Å². The fourth-order valence-corrected chi connectivity index (χ4v) is 2.77. The fraction of sp³-hybridized carbons (Fsp3) is 0.550. The van der Waals surface area contributed by atoms with Gasteiger partial charge >= 0.3 is 5.97 Å². The van der Waals surface area contributed by atoms with E-state index in [1.165, 1.54) is 0 Å². The predicted octanol–water partition coefficient (Wildman–Crippen LogP) is 2.06. The third-order valence-electron chi connectivity index (χ3n) is 3.89. The minimum Gasteiger partial charge on any atom is -0.465 e. The number of esters is 1. The second kappa shape index (κ2) is 12.0. The van der Waals surface area contributed by atoms with Crippen molar-refractivity contribution in [2.45, 2.75) is 27.2 Å². The minimum absolute atomic E-state index is 0.0157. The number of amides is 1. The maximum absolute atomic E-state index is 13.0. The van der Waals surface area contributed by atoms with E-state index >= 15 is 0 Å². The van der Waals surface area contributed by atoms with E-state index in [4.69, 9.17) is 14.7 Å². The summed E-state index contributed by atoms with van der Waals surface area (Å²) in [5, 5.41) is 8.95. The van der Waals surface area contributed by atoms with Gasteiger partial charge in [-0.15, -0.1) is 0 Å². The molecule has 0 aliphatic heterocycles. The number of methoxy groups -OCH3 is 1. The summed E-state index contributed by atoms with van der Waals surface area (Å²) < 4.78 is 10.1. The number of carbonyl (C=O) groups excluding carboxylic acids is 2. The summed E-state index contributed by atoms with van der Waals surface area (Å²) in [5.74, 6) is -0.549. The lowest BCUT2D eigenvalue weighted by Crippen LogP contribution is -2.44. The maximum atomic E-state index is 13.0. The van der Waals surface area contributed by atoms with Gasteiger partial charge in [-0.05, 0) is 44.0 Å². The highest BCUT2D eigenvalue weighted by atomic mass is 16.5. The van der Waals surface area contributed by atoms with Crippen LogP contribution in [0.15, 0.2) is 18.2 Å². The molecule has 1 rings (SSSR count). The van der Waals surface area contributed by atoms with Crippen molar-refractivity contribution in [1.82, 2.24) is 4.90 Å². The molecule has 0 bridgehead atoms. The summed E-state index contributed by atoms with van der Waals surface area (Å²) >= 11 is 0. The van der Waals surface area contributed by atoms with Crippen LogP contribution in [0.25, 0.3) is 0 Å². The normalized spacial score (nSPS) is 10.5. The second-order valence-corrected chi connectivity index (χ2v) is 6.31. The molecule has 0 aliphatic rings. The van der Waals surface area contributed by atoms with Gasteiger partial charge in [0.2, 0.25) is 5.91 Å². The largest absolute Gasteiger partial charge is 0.465 e. The summed E-state index contributed by atoms with van der Waals surface area (Å²) in [6.45, 7) is 7.16. The van der Waals surface area contributed by atoms with E-state index in [-0.39, 0.29) is 31.4 Å². The summed E-state index contributed by atoms with van der Waals surface area (Å²) in [6.07, 6.45) is 0.231. The Morgan fingerprint density at radius 2 is 1.78 bits per heavy atom. The van der Waals surface area contributed by atoms with Crippen LogP contribution in [0.2, 0.25) is 0 Å². The highest BCUT2D eigenvalue weighted by Crippen LogP contribution is 2.19. The molecule has 0 heterocycles. The molecule has 0 spiro atoms. The van der Waals surface area contributed by atoms with Crippen molar-refractivity contribution in [3.05, 3.63) is 29.3 Å². The number of hydrogen-bond donors (Lipinski definition) is 0. The van der Waals surface area contributed by atoms with Gasteiger partial charge in [0.15, 0.2) is 0 Å². The molecule has 1 aromatic carbocycles. The molecule has 0 atom stereocenters. The molecule has 7 heteroatoms. The molecule has 148 valence electrons. The zero-order chi connectivity index (χ0) is 20.2. The highest BCUT2D eigenvalue weighted by Gasteiger charge is 2.21. The Hall–Kier alpha value is -2.43. The van der Waals surface area contributed by atoms with E-state index in [1.807, 2.05) is 32.0 Å². The van der Waals surface area contributed by atoms with Crippen LogP contribution in [0, 0.1) is 25.2 Å². The molecule has 0 saturated carbocycles. The number of nitrogens with zero attached hydrogens (tertiary/aromatic N) is 3. The number of benzene rings is 1. The van der Waals surface area contributed by atoms with Crippen molar-refractivity contribution >= 4 is 17.6 Å². The quantitative estimate of drug-likeness (QED) is 0.551. The molecule has 0 radical (unpaired) electrons. The number of ether oxygens (including phenoxy) is 2. The summed E-state index contributed by atoms with van der Waals surface area (Å²) in [7, 11) is 1.57. The van der Waals surface area contributed by atoms with Crippen molar-refractivity contribution in [1.29, 1.82) is 5.26 Å². The van der Waals surface area contributed by atoms with Crippen LogP contribution in [0.3, 0.4) is 0 Å². The average molecular weight is 375 g/mol. The van der Waals surface area contributed by atoms with Gasteiger partial charge in [-0.1, -0.05) is 6.07 Å². The first-order chi connectivity index (χ1) is 12.9. The highest BCUT2D eigenvalue weighted by molar-refractivity contribution is 5.95. The molecule has 1 amide bonds. The van der Waals surface area contributed by atoms with Gasteiger partial charge in [0.1, 0.15) is 0 Å². The number of aryl methyl sites for hydroxylation is 2. The zero-order valence-corrected chi connectivity index (χ0v) is 16.7. The van der Waals surface area contributed by atoms with Crippen LogP contribution in [0.4, 0.5) is 5.69 Å². The first-order valence-electron chi connectivity index (χ1n) is 9.03. The number of hydrogen-bond acceptors (Lipinski definition) is 6. The Kier molecular flexibility index (Phi) is 10.1. The molecule has 0 aromatic heterocycles. The van der Waals surface area contributed by atoms with Crippen molar-refractivity contribution in [3.63, 3.8) is 0 Å². The van der Waals surface area contributed by atoms with Crippen LogP contribution in [-0.4, -0.2) is 63.3 Å². The third kappa shape index (κ3) is 8.20. The van der Waals surface area contributed by atoms with E-state index in [0.29, 0.717) is 26.3 Å². The standard InChI is InChI=1S/C20H29N3O4/c1-5-27-20(25)15-22(9-10-26-4)14-19(24)23(8-6-7-21)18-12-16(2)11-17(3)13-18/h11-13H,5-6,8-10,14-15H2,1-4H3. The molecule has 27 heavy (non-hydrogen) atoms. The Morgan fingerprint density at radius 3 is 2.33 bits per heavy atom. The number of rotatable bonds is 11. The molecule has 0 aliphatic carbocycles. The summed E-state index contributed by atoms with van der Waals surface area (Å²) in [5.41, 5.74) is 2.85. The summed E-state index contributed by atoms with van der Waals surface area (Å²) in [6, 6.07) is 7.96. The van der Waals surface area contributed by atoms with Gasteiger partial charge in [0.05, 0.1) is 38.8 Å². The Labute approximate surface area is 161 Å². The molecule has 0 unspecified atom stereocenters. The lowest BCUT2D eigenvalue weighted by Gasteiger charge is -2.27. The molecular formula is C20H29N3O4. The minimum atomic E-state index is -0.378. The van der Waals surface area contributed by atoms with Crippen LogP contribution < -0.4 is 4.90 Å². The molecular weight excluding hydrogens is 346 g/mol. The average Bonchev–Trinajstić information content (AvgIpc) is 2.59. The van der Waals surface area contributed by atoms with Crippen molar-refractivity contribution < 1.29 is 19.1 Å². The Morgan fingerprint density at radius 1 is 1.11 bits per heavy atom. The maximum Gasteiger partial charge on any atom is 0.320 e. The SMILES string of the molecule is CCOC(=O)CN(CCOC)CC(=O)N(CCC#N)c1cc(C)cc(C)c1.